The Labute approximate surface area is 116 Å². The van der Waals surface area contributed by atoms with Crippen LogP contribution >= 0.6 is 11.8 Å². The fourth-order valence-electron chi connectivity index (χ4n) is 1.69. The number of hydrogen-bond acceptors (Lipinski definition) is 6. The van der Waals surface area contributed by atoms with Gasteiger partial charge in [-0.2, -0.15) is 11.8 Å². The second-order valence-corrected chi connectivity index (χ2v) is 5.24. The van der Waals surface area contributed by atoms with E-state index in [0.717, 1.165) is 17.3 Å². The van der Waals surface area contributed by atoms with E-state index in [1.54, 1.807) is 11.8 Å². The first-order valence-corrected chi connectivity index (χ1v) is 7.16. The van der Waals surface area contributed by atoms with E-state index < -0.39 is 12.0 Å². The second kappa shape index (κ2) is 6.68. The van der Waals surface area contributed by atoms with Crippen LogP contribution in [0.3, 0.4) is 0 Å². The van der Waals surface area contributed by atoms with Crippen LogP contribution < -0.4 is 15.2 Å². The highest BCUT2D eigenvalue weighted by Crippen LogP contribution is 2.31. The van der Waals surface area contributed by atoms with Gasteiger partial charge in [-0.05, 0) is 12.1 Å². The van der Waals surface area contributed by atoms with Crippen molar-refractivity contribution in [2.45, 2.75) is 12.1 Å². The van der Waals surface area contributed by atoms with Crippen molar-refractivity contribution in [3.05, 3.63) is 24.3 Å². The number of ether oxygens (including phenoxy) is 3. The summed E-state index contributed by atoms with van der Waals surface area (Å²) < 4.78 is 16.0. The Morgan fingerprint density at radius 1 is 1.53 bits per heavy atom. The van der Waals surface area contributed by atoms with Gasteiger partial charge in [0.05, 0.1) is 7.11 Å². The van der Waals surface area contributed by atoms with Gasteiger partial charge in [-0.25, -0.2) is 0 Å². The first-order chi connectivity index (χ1) is 9.20. The molecule has 0 saturated carbocycles. The fourth-order valence-corrected chi connectivity index (χ4v) is 2.64. The Bertz CT molecular complexity index is 440. The molecule has 2 atom stereocenters. The number of rotatable bonds is 5. The number of fused-ring (bicyclic) bond motifs is 1. The van der Waals surface area contributed by atoms with Crippen molar-refractivity contribution < 1.29 is 19.0 Å². The summed E-state index contributed by atoms with van der Waals surface area (Å²) in [6.07, 6.45) is -0.0234. The lowest BCUT2D eigenvalue weighted by Crippen LogP contribution is -2.36. The van der Waals surface area contributed by atoms with Crippen LogP contribution in [0, 0.1) is 0 Å². The average Bonchev–Trinajstić information content (AvgIpc) is 2.46. The smallest absolute Gasteiger partial charge is 0.323 e. The number of carbonyl (C=O) groups is 1. The molecule has 6 heteroatoms. The summed E-state index contributed by atoms with van der Waals surface area (Å²) in [5.74, 6) is 2.37. The first kappa shape index (κ1) is 14.0. The highest BCUT2D eigenvalue weighted by Gasteiger charge is 2.21. The molecular weight excluding hydrogens is 266 g/mol. The molecule has 104 valence electrons. The topological polar surface area (TPSA) is 70.8 Å². The number of hydrogen-bond donors (Lipinski definition) is 1. The maximum Gasteiger partial charge on any atom is 0.323 e. The third-order valence-corrected chi connectivity index (χ3v) is 3.87. The number of benzene rings is 1. The van der Waals surface area contributed by atoms with E-state index in [9.17, 15) is 4.79 Å². The molecule has 1 aromatic carbocycles. The summed E-state index contributed by atoms with van der Waals surface area (Å²) in [6.45, 7) is 0.511. The molecule has 19 heavy (non-hydrogen) atoms. The van der Waals surface area contributed by atoms with Gasteiger partial charge in [-0.1, -0.05) is 12.1 Å². The van der Waals surface area contributed by atoms with Crippen LogP contribution in [0.2, 0.25) is 0 Å². The van der Waals surface area contributed by atoms with E-state index >= 15 is 0 Å². The van der Waals surface area contributed by atoms with E-state index in [1.165, 1.54) is 7.11 Å². The second-order valence-electron chi connectivity index (χ2n) is 4.16. The van der Waals surface area contributed by atoms with Crippen LogP contribution in [0.15, 0.2) is 24.3 Å². The lowest BCUT2D eigenvalue weighted by molar-refractivity contribution is -0.141. The fraction of sp³-hybridized carbons (Fsp3) is 0.462. The lowest BCUT2D eigenvalue weighted by Gasteiger charge is -2.26. The molecule has 2 N–H and O–H groups in total. The lowest BCUT2D eigenvalue weighted by atomic mass is 10.3. The van der Waals surface area contributed by atoms with Gasteiger partial charge in [-0.15, -0.1) is 0 Å². The predicted molar refractivity (Wildman–Crippen MR) is 73.7 cm³/mol. The van der Waals surface area contributed by atoms with Gasteiger partial charge in [0.15, 0.2) is 11.5 Å². The SMILES string of the molecule is COC(=O)C(N)CSCC1COc2ccccc2O1. The normalized spacial score (nSPS) is 18.7. The van der Waals surface area contributed by atoms with Crippen LogP contribution in [0.25, 0.3) is 0 Å². The van der Waals surface area contributed by atoms with Gasteiger partial charge in [0, 0.05) is 11.5 Å². The van der Waals surface area contributed by atoms with Crippen LogP contribution in [0.4, 0.5) is 0 Å². The van der Waals surface area contributed by atoms with Crippen LogP contribution in [0.1, 0.15) is 0 Å². The summed E-state index contributed by atoms with van der Waals surface area (Å²) in [5, 5.41) is 0. The summed E-state index contributed by atoms with van der Waals surface area (Å²) in [5.41, 5.74) is 5.65. The van der Waals surface area contributed by atoms with Crippen molar-refractivity contribution in [1.29, 1.82) is 0 Å². The Morgan fingerprint density at radius 3 is 3.00 bits per heavy atom. The third-order valence-electron chi connectivity index (χ3n) is 2.67. The minimum atomic E-state index is -0.591. The van der Waals surface area contributed by atoms with Gasteiger partial charge < -0.3 is 19.9 Å². The van der Waals surface area contributed by atoms with Crippen LogP contribution in [-0.2, 0) is 9.53 Å². The van der Waals surface area contributed by atoms with Crippen molar-refractivity contribution in [3.63, 3.8) is 0 Å². The maximum absolute atomic E-state index is 11.1. The minimum Gasteiger partial charge on any atom is -0.486 e. The highest BCUT2D eigenvalue weighted by atomic mass is 32.2. The third kappa shape index (κ3) is 3.78. The Morgan fingerprint density at radius 2 is 2.26 bits per heavy atom. The molecule has 1 heterocycles. The molecule has 0 aliphatic carbocycles. The van der Waals surface area contributed by atoms with E-state index in [0.29, 0.717) is 12.4 Å². The molecule has 2 rings (SSSR count). The Kier molecular flexibility index (Phi) is 4.93. The molecule has 1 aliphatic rings. The van der Waals surface area contributed by atoms with E-state index in [-0.39, 0.29) is 6.10 Å². The summed E-state index contributed by atoms with van der Waals surface area (Å²) in [6, 6.07) is 6.99. The van der Waals surface area contributed by atoms with Crippen molar-refractivity contribution in [2.75, 3.05) is 25.2 Å². The van der Waals surface area contributed by atoms with E-state index in [2.05, 4.69) is 4.74 Å². The number of nitrogens with two attached hydrogens (primary N) is 1. The van der Waals surface area contributed by atoms with Gasteiger partial charge in [0.1, 0.15) is 18.8 Å². The van der Waals surface area contributed by atoms with Crippen molar-refractivity contribution in [3.8, 4) is 11.5 Å². The number of methoxy groups -OCH3 is 1. The molecule has 0 fully saturated rings. The average molecular weight is 283 g/mol. The molecule has 1 aromatic rings. The summed E-state index contributed by atoms with van der Waals surface area (Å²) in [4.78, 5) is 11.1. The Hall–Kier alpha value is -1.40. The maximum atomic E-state index is 11.1. The van der Waals surface area contributed by atoms with E-state index in [4.69, 9.17) is 15.2 Å². The summed E-state index contributed by atoms with van der Waals surface area (Å²) >= 11 is 1.56. The van der Waals surface area contributed by atoms with Crippen LogP contribution in [-0.4, -0.2) is 43.3 Å². The molecule has 2 unspecified atom stereocenters. The number of para-hydroxylation sites is 2. The zero-order chi connectivity index (χ0) is 13.7. The molecule has 0 aromatic heterocycles. The molecule has 5 nitrogen and oxygen atoms in total. The standard InChI is InChI=1S/C13H17NO4S/c1-16-13(15)10(14)8-19-7-9-6-17-11-4-2-3-5-12(11)18-9/h2-5,9-10H,6-8,14H2,1H3. The van der Waals surface area contributed by atoms with Gasteiger partial charge in [0.2, 0.25) is 0 Å². The largest absolute Gasteiger partial charge is 0.486 e. The molecular formula is C13H17NO4S. The number of carbonyl (C=O) groups excluding carboxylic acids is 1. The van der Waals surface area contributed by atoms with Gasteiger partial charge in [0.25, 0.3) is 0 Å². The molecule has 0 radical (unpaired) electrons. The van der Waals surface area contributed by atoms with Crippen molar-refractivity contribution >= 4 is 17.7 Å². The number of esters is 1. The molecule has 0 bridgehead atoms. The molecule has 1 aliphatic heterocycles. The molecule has 0 amide bonds. The highest BCUT2D eigenvalue weighted by molar-refractivity contribution is 7.99. The number of thioether (sulfide) groups is 1. The molecule has 0 spiro atoms. The minimum absolute atomic E-state index is 0.0234. The quantitative estimate of drug-likeness (QED) is 0.815. The monoisotopic (exact) mass is 283 g/mol. The summed E-state index contributed by atoms with van der Waals surface area (Å²) in [7, 11) is 1.34. The van der Waals surface area contributed by atoms with E-state index in [1.807, 2.05) is 24.3 Å². The zero-order valence-electron chi connectivity index (χ0n) is 10.7. The Balaban J connectivity index is 1.75. The molecule has 0 saturated heterocycles. The van der Waals surface area contributed by atoms with Crippen LogP contribution in [0.5, 0.6) is 11.5 Å². The van der Waals surface area contributed by atoms with Crippen molar-refractivity contribution in [2.24, 2.45) is 5.73 Å². The van der Waals surface area contributed by atoms with Gasteiger partial charge >= 0.3 is 5.97 Å². The zero-order valence-corrected chi connectivity index (χ0v) is 11.5. The van der Waals surface area contributed by atoms with Gasteiger partial charge in [-0.3, -0.25) is 4.79 Å². The van der Waals surface area contributed by atoms with Crippen molar-refractivity contribution in [1.82, 2.24) is 0 Å². The first-order valence-electron chi connectivity index (χ1n) is 6.00. The predicted octanol–water partition coefficient (Wildman–Crippen LogP) is 1.06.